The number of amides is 1. The third-order valence-electron chi connectivity index (χ3n) is 3.08. The van der Waals surface area contributed by atoms with Gasteiger partial charge < -0.3 is 10.1 Å². The van der Waals surface area contributed by atoms with Crippen LogP contribution in [0.3, 0.4) is 0 Å². The van der Waals surface area contributed by atoms with Crippen molar-refractivity contribution < 1.29 is 14.3 Å². The van der Waals surface area contributed by atoms with Crippen LogP contribution in [0.25, 0.3) is 0 Å². The molecule has 1 aromatic carbocycles. The quantitative estimate of drug-likeness (QED) is 0.861. The molecule has 0 aliphatic carbocycles. The average molecular weight is 319 g/mol. The van der Waals surface area contributed by atoms with Gasteiger partial charge in [-0.25, -0.2) is 0 Å². The lowest BCUT2D eigenvalue weighted by atomic mass is 10.0. The number of hydrogen-bond acceptors (Lipinski definition) is 4. The summed E-state index contributed by atoms with van der Waals surface area (Å²) in [5, 5.41) is 3.33. The highest BCUT2D eigenvalue weighted by molar-refractivity contribution is 6.30. The first-order valence-corrected chi connectivity index (χ1v) is 7.01. The Kier molecular flexibility index (Phi) is 5.49. The first kappa shape index (κ1) is 16.0. The molecule has 0 fully saturated rings. The van der Waals surface area contributed by atoms with Crippen molar-refractivity contribution in [3.63, 3.8) is 0 Å². The molecule has 0 aliphatic rings. The van der Waals surface area contributed by atoms with Crippen molar-refractivity contribution in [2.75, 3.05) is 7.11 Å². The Hall–Kier alpha value is -2.40. The maximum atomic E-state index is 12.2. The van der Waals surface area contributed by atoms with Crippen molar-refractivity contribution in [2.24, 2.45) is 0 Å². The second-order valence-corrected chi connectivity index (χ2v) is 5.04. The lowest BCUT2D eigenvalue weighted by Crippen LogP contribution is -2.30. The molecule has 0 bridgehead atoms. The fourth-order valence-corrected chi connectivity index (χ4v) is 2.16. The minimum absolute atomic E-state index is 0.0167. The SMILES string of the molecule is COC(=O)CC(NC(=O)c1cccnc1)c1cccc(Cl)c1. The third kappa shape index (κ3) is 4.30. The maximum Gasteiger partial charge on any atom is 0.307 e. The summed E-state index contributed by atoms with van der Waals surface area (Å²) in [7, 11) is 1.31. The number of halogens is 1. The largest absolute Gasteiger partial charge is 0.469 e. The maximum absolute atomic E-state index is 12.2. The number of nitrogens with zero attached hydrogens (tertiary/aromatic N) is 1. The van der Waals surface area contributed by atoms with Crippen LogP contribution in [0.5, 0.6) is 0 Å². The van der Waals surface area contributed by atoms with Crippen molar-refractivity contribution in [1.82, 2.24) is 10.3 Å². The molecule has 1 atom stereocenters. The van der Waals surface area contributed by atoms with Crippen molar-refractivity contribution in [2.45, 2.75) is 12.5 Å². The van der Waals surface area contributed by atoms with Crippen LogP contribution in [0.1, 0.15) is 28.4 Å². The van der Waals surface area contributed by atoms with Crippen molar-refractivity contribution in [3.8, 4) is 0 Å². The molecule has 1 amide bonds. The molecule has 114 valence electrons. The van der Waals surface area contributed by atoms with Crippen LogP contribution in [0.4, 0.5) is 0 Å². The standard InChI is InChI=1S/C16H15ClN2O3/c1-22-15(20)9-14(11-4-2-6-13(17)8-11)19-16(21)12-5-3-7-18-10-12/h2-8,10,14H,9H2,1H3,(H,19,21). The summed E-state index contributed by atoms with van der Waals surface area (Å²) in [5.74, 6) is -0.738. The van der Waals surface area contributed by atoms with Crippen molar-refractivity contribution in [1.29, 1.82) is 0 Å². The highest BCUT2D eigenvalue weighted by atomic mass is 35.5. The van der Waals surface area contributed by atoms with Crippen molar-refractivity contribution >= 4 is 23.5 Å². The van der Waals surface area contributed by atoms with E-state index in [2.05, 4.69) is 15.0 Å². The number of aromatic nitrogens is 1. The van der Waals surface area contributed by atoms with E-state index >= 15 is 0 Å². The predicted molar refractivity (Wildman–Crippen MR) is 82.5 cm³/mol. The van der Waals surface area contributed by atoms with E-state index in [0.717, 1.165) is 5.56 Å². The molecule has 0 radical (unpaired) electrons. The highest BCUT2D eigenvalue weighted by Crippen LogP contribution is 2.21. The van der Waals surface area contributed by atoms with Gasteiger partial charge in [-0.15, -0.1) is 0 Å². The molecule has 2 rings (SSSR count). The molecular weight excluding hydrogens is 304 g/mol. The van der Waals surface area contributed by atoms with Gasteiger partial charge in [-0.3, -0.25) is 14.6 Å². The average Bonchev–Trinajstić information content (AvgIpc) is 2.54. The normalized spacial score (nSPS) is 11.5. The molecule has 5 nitrogen and oxygen atoms in total. The number of nitrogens with one attached hydrogen (secondary N) is 1. The lowest BCUT2D eigenvalue weighted by molar-refractivity contribution is -0.141. The minimum Gasteiger partial charge on any atom is -0.469 e. The lowest BCUT2D eigenvalue weighted by Gasteiger charge is -2.18. The number of hydrogen-bond donors (Lipinski definition) is 1. The summed E-state index contributed by atoms with van der Waals surface area (Å²) in [6.45, 7) is 0. The van der Waals surface area contributed by atoms with Gasteiger partial charge in [-0.05, 0) is 29.8 Å². The van der Waals surface area contributed by atoms with Crippen LogP contribution in [0.2, 0.25) is 5.02 Å². The van der Waals surface area contributed by atoms with Gasteiger partial charge >= 0.3 is 5.97 Å². The van der Waals surface area contributed by atoms with Crippen LogP contribution >= 0.6 is 11.6 Å². The summed E-state index contributed by atoms with van der Waals surface area (Å²) in [6.07, 6.45) is 3.06. The summed E-state index contributed by atoms with van der Waals surface area (Å²) in [6, 6.07) is 9.78. The molecule has 0 saturated heterocycles. The molecule has 22 heavy (non-hydrogen) atoms. The molecule has 6 heteroatoms. The van der Waals surface area contributed by atoms with E-state index in [-0.39, 0.29) is 12.3 Å². The number of pyridine rings is 1. The number of methoxy groups -OCH3 is 1. The second-order valence-electron chi connectivity index (χ2n) is 4.60. The molecule has 1 aromatic heterocycles. The monoisotopic (exact) mass is 318 g/mol. The van der Waals surface area contributed by atoms with Crippen LogP contribution < -0.4 is 5.32 Å². The minimum atomic E-state index is -0.529. The zero-order valence-corrected chi connectivity index (χ0v) is 12.7. The van der Waals surface area contributed by atoms with Crippen molar-refractivity contribution in [3.05, 3.63) is 64.9 Å². The number of benzene rings is 1. The van der Waals surface area contributed by atoms with Gasteiger partial charge in [0, 0.05) is 17.4 Å². The van der Waals surface area contributed by atoms with E-state index in [4.69, 9.17) is 11.6 Å². The first-order valence-electron chi connectivity index (χ1n) is 6.63. The van der Waals surface area contributed by atoms with Gasteiger partial charge in [0.2, 0.25) is 0 Å². The molecule has 1 N–H and O–H groups in total. The summed E-state index contributed by atoms with van der Waals surface area (Å²) >= 11 is 5.97. The number of carbonyl (C=O) groups excluding carboxylic acids is 2. The van der Waals surface area contributed by atoms with E-state index in [1.54, 1.807) is 42.6 Å². The van der Waals surface area contributed by atoms with Crippen LogP contribution in [-0.2, 0) is 9.53 Å². The molecule has 2 aromatic rings. The second kappa shape index (κ2) is 7.56. The zero-order chi connectivity index (χ0) is 15.9. The Morgan fingerprint density at radius 2 is 2.14 bits per heavy atom. The molecule has 1 unspecified atom stereocenters. The fourth-order valence-electron chi connectivity index (χ4n) is 1.96. The fraction of sp³-hybridized carbons (Fsp3) is 0.188. The van der Waals surface area contributed by atoms with Crippen LogP contribution in [0, 0.1) is 0 Å². The molecule has 1 heterocycles. The number of esters is 1. The smallest absolute Gasteiger partial charge is 0.307 e. The Morgan fingerprint density at radius 3 is 2.77 bits per heavy atom. The van der Waals surface area contributed by atoms with Crippen LogP contribution in [-0.4, -0.2) is 24.0 Å². The predicted octanol–water partition coefficient (Wildman–Crippen LogP) is 2.77. The highest BCUT2D eigenvalue weighted by Gasteiger charge is 2.20. The van der Waals surface area contributed by atoms with Gasteiger partial charge in [-0.1, -0.05) is 23.7 Å². The van der Waals surface area contributed by atoms with E-state index in [1.807, 2.05) is 0 Å². The summed E-state index contributed by atoms with van der Waals surface area (Å²) in [5.41, 5.74) is 1.15. The Bertz CT molecular complexity index is 661. The number of ether oxygens (including phenoxy) is 1. The molecule has 0 spiro atoms. The molecular formula is C16H15ClN2O3. The Labute approximate surface area is 133 Å². The summed E-state index contributed by atoms with van der Waals surface area (Å²) in [4.78, 5) is 27.7. The Balaban J connectivity index is 2.21. The van der Waals surface area contributed by atoms with Crippen LogP contribution in [0.15, 0.2) is 48.8 Å². The topological polar surface area (TPSA) is 68.3 Å². The first-order chi connectivity index (χ1) is 10.6. The molecule has 0 saturated carbocycles. The number of rotatable bonds is 5. The third-order valence-corrected chi connectivity index (χ3v) is 3.31. The van der Waals surface area contributed by atoms with Gasteiger partial charge in [0.15, 0.2) is 0 Å². The van der Waals surface area contributed by atoms with Gasteiger partial charge in [0.25, 0.3) is 5.91 Å². The number of carbonyl (C=O) groups is 2. The van der Waals surface area contributed by atoms with Gasteiger partial charge in [-0.2, -0.15) is 0 Å². The van der Waals surface area contributed by atoms with Gasteiger partial charge in [0.1, 0.15) is 0 Å². The van der Waals surface area contributed by atoms with E-state index < -0.39 is 12.0 Å². The molecule has 0 aliphatic heterocycles. The van der Waals surface area contributed by atoms with E-state index in [9.17, 15) is 9.59 Å². The summed E-state index contributed by atoms with van der Waals surface area (Å²) < 4.78 is 4.68. The van der Waals surface area contributed by atoms with E-state index in [1.165, 1.54) is 13.3 Å². The van der Waals surface area contributed by atoms with E-state index in [0.29, 0.717) is 10.6 Å². The Morgan fingerprint density at radius 1 is 1.32 bits per heavy atom. The van der Waals surface area contributed by atoms with Gasteiger partial charge in [0.05, 0.1) is 25.1 Å². The zero-order valence-electron chi connectivity index (χ0n) is 12.0.